The van der Waals surface area contributed by atoms with Gasteiger partial charge in [0.05, 0.1) is 24.5 Å². The number of ether oxygens (including phenoxy) is 1. The van der Waals surface area contributed by atoms with Crippen LogP contribution in [0.1, 0.15) is 12.0 Å². The first-order valence-electron chi connectivity index (χ1n) is 9.39. The molecule has 1 atom stereocenters. The van der Waals surface area contributed by atoms with Gasteiger partial charge >= 0.3 is 0 Å². The van der Waals surface area contributed by atoms with Crippen molar-refractivity contribution >= 4 is 17.5 Å². The van der Waals surface area contributed by atoms with E-state index in [2.05, 4.69) is 32.8 Å². The molecule has 1 aromatic heterocycles. The Morgan fingerprint density at radius 1 is 1.15 bits per heavy atom. The van der Waals surface area contributed by atoms with Gasteiger partial charge in [0.2, 0.25) is 5.95 Å². The Labute approximate surface area is 159 Å². The molecule has 0 radical (unpaired) electrons. The number of hydrogen-bond donors (Lipinski definition) is 0. The summed E-state index contributed by atoms with van der Waals surface area (Å²) in [6, 6.07) is 12.4. The van der Waals surface area contributed by atoms with Crippen molar-refractivity contribution < 1.29 is 4.74 Å². The molecule has 0 amide bonds. The number of likely N-dealkylation sites (N-methyl/N-ethyl adjacent to an activating group) is 1. The predicted octanol–water partition coefficient (Wildman–Crippen LogP) is 1.90. The zero-order chi connectivity index (χ0) is 18.6. The van der Waals surface area contributed by atoms with Crippen molar-refractivity contribution in [3.05, 3.63) is 42.1 Å². The molecule has 2 fully saturated rings. The molecular weight excluding hydrogens is 340 g/mol. The van der Waals surface area contributed by atoms with Crippen molar-refractivity contribution in [1.82, 2.24) is 9.97 Å². The van der Waals surface area contributed by atoms with Gasteiger partial charge in [-0.1, -0.05) is 12.1 Å². The first kappa shape index (κ1) is 17.6. The van der Waals surface area contributed by atoms with Crippen LogP contribution < -0.4 is 14.7 Å². The first-order chi connectivity index (χ1) is 13.3. The highest BCUT2D eigenvalue weighted by molar-refractivity contribution is 5.60. The van der Waals surface area contributed by atoms with E-state index in [0.29, 0.717) is 6.04 Å². The number of nitriles is 1. The molecule has 0 aliphatic carbocycles. The molecule has 0 N–H and O–H groups in total. The van der Waals surface area contributed by atoms with E-state index in [1.807, 2.05) is 36.5 Å². The molecule has 2 aromatic rings. The maximum atomic E-state index is 9.37. The van der Waals surface area contributed by atoms with Crippen molar-refractivity contribution in [2.45, 2.75) is 12.5 Å². The van der Waals surface area contributed by atoms with Crippen LogP contribution in [0.25, 0.3) is 0 Å². The molecular formula is C20H24N6O. The second-order valence-electron chi connectivity index (χ2n) is 6.94. The van der Waals surface area contributed by atoms with Gasteiger partial charge in [-0.25, -0.2) is 4.98 Å². The molecule has 3 heterocycles. The van der Waals surface area contributed by atoms with E-state index in [4.69, 9.17) is 9.72 Å². The minimum atomic E-state index is 0.351. The standard InChI is InChI=1S/C20H24N6O/c1-24(19-6-8-22-20(23-19)25-10-12-27-13-11-25)17-7-9-26(15-17)18-5-3-2-4-16(18)14-21/h2-6,8,17H,7,9-13,15H2,1H3. The van der Waals surface area contributed by atoms with Crippen molar-refractivity contribution in [3.63, 3.8) is 0 Å². The van der Waals surface area contributed by atoms with Crippen LogP contribution >= 0.6 is 0 Å². The van der Waals surface area contributed by atoms with Crippen molar-refractivity contribution in [1.29, 1.82) is 5.26 Å². The number of morpholine rings is 1. The molecule has 2 saturated heterocycles. The van der Waals surface area contributed by atoms with Crippen LogP contribution in [0, 0.1) is 11.3 Å². The van der Waals surface area contributed by atoms with Crippen LogP contribution in [0.4, 0.5) is 17.5 Å². The predicted molar refractivity (Wildman–Crippen MR) is 105 cm³/mol. The van der Waals surface area contributed by atoms with Crippen LogP contribution in [0.2, 0.25) is 0 Å². The summed E-state index contributed by atoms with van der Waals surface area (Å²) in [4.78, 5) is 15.9. The number of benzene rings is 1. The average molecular weight is 364 g/mol. The van der Waals surface area contributed by atoms with Crippen LogP contribution in [0.3, 0.4) is 0 Å². The Hall–Kier alpha value is -2.85. The fraction of sp³-hybridized carbons (Fsp3) is 0.450. The van der Waals surface area contributed by atoms with Gasteiger partial charge in [-0.2, -0.15) is 10.2 Å². The summed E-state index contributed by atoms with van der Waals surface area (Å²) >= 11 is 0. The maximum absolute atomic E-state index is 9.37. The maximum Gasteiger partial charge on any atom is 0.227 e. The minimum Gasteiger partial charge on any atom is -0.378 e. The Morgan fingerprint density at radius 2 is 1.96 bits per heavy atom. The monoisotopic (exact) mass is 364 g/mol. The summed E-state index contributed by atoms with van der Waals surface area (Å²) in [6.07, 6.45) is 2.87. The van der Waals surface area contributed by atoms with Crippen LogP contribution in [0.5, 0.6) is 0 Å². The Morgan fingerprint density at radius 3 is 2.78 bits per heavy atom. The summed E-state index contributed by atoms with van der Waals surface area (Å²) < 4.78 is 5.42. The van der Waals surface area contributed by atoms with Gasteiger partial charge in [0.1, 0.15) is 11.9 Å². The molecule has 7 heteroatoms. The van der Waals surface area contributed by atoms with Crippen molar-refractivity contribution in [3.8, 4) is 6.07 Å². The SMILES string of the molecule is CN(c1ccnc(N2CCOCC2)n1)C1CCN(c2ccccc2C#N)C1. The number of aromatic nitrogens is 2. The minimum absolute atomic E-state index is 0.351. The van der Waals surface area contributed by atoms with Gasteiger partial charge < -0.3 is 19.4 Å². The lowest BCUT2D eigenvalue weighted by molar-refractivity contribution is 0.122. The van der Waals surface area contributed by atoms with Crippen LogP contribution in [-0.2, 0) is 4.74 Å². The third-order valence-corrected chi connectivity index (χ3v) is 5.36. The van der Waals surface area contributed by atoms with Gasteiger partial charge in [0.15, 0.2) is 0 Å². The second kappa shape index (κ2) is 7.80. The van der Waals surface area contributed by atoms with Crippen molar-refractivity contribution in [2.24, 2.45) is 0 Å². The smallest absolute Gasteiger partial charge is 0.227 e. The van der Waals surface area contributed by atoms with E-state index in [1.165, 1.54) is 0 Å². The lowest BCUT2D eigenvalue weighted by Gasteiger charge is -2.29. The van der Waals surface area contributed by atoms with Gasteiger partial charge in [0, 0.05) is 45.5 Å². The van der Waals surface area contributed by atoms with E-state index in [-0.39, 0.29) is 0 Å². The lowest BCUT2D eigenvalue weighted by atomic mass is 10.2. The Bertz CT molecular complexity index is 829. The van der Waals surface area contributed by atoms with E-state index >= 15 is 0 Å². The third-order valence-electron chi connectivity index (χ3n) is 5.36. The largest absolute Gasteiger partial charge is 0.378 e. The summed E-state index contributed by atoms with van der Waals surface area (Å²) in [5, 5.41) is 9.37. The van der Waals surface area contributed by atoms with E-state index in [1.54, 1.807) is 0 Å². The van der Waals surface area contributed by atoms with E-state index in [0.717, 1.165) is 68.8 Å². The number of nitrogens with zero attached hydrogens (tertiary/aromatic N) is 6. The topological polar surface area (TPSA) is 68.5 Å². The molecule has 140 valence electrons. The summed E-state index contributed by atoms with van der Waals surface area (Å²) in [6.45, 7) is 4.92. The highest BCUT2D eigenvalue weighted by Crippen LogP contribution is 2.27. The molecule has 0 bridgehead atoms. The van der Waals surface area contributed by atoms with Gasteiger partial charge in [-0.15, -0.1) is 0 Å². The second-order valence-corrected chi connectivity index (χ2v) is 6.94. The first-order valence-corrected chi connectivity index (χ1v) is 9.39. The number of rotatable bonds is 4. The fourth-order valence-corrected chi connectivity index (χ4v) is 3.76. The molecule has 2 aliphatic heterocycles. The molecule has 7 nitrogen and oxygen atoms in total. The van der Waals surface area contributed by atoms with E-state index < -0.39 is 0 Å². The number of anilines is 3. The molecule has 2 aliphatic rings. The highest BCUT2D eigenvalue weighted by atomic mass is 16.5. The molecule has 0 spiro atoms. The average Bonchev–Trinajstić information content (AvgIpc) is 3.24. The van der Waals surface area contributed by atoms with Crippen LogP contribution in [-0.4, -0.2) is 62.5 Å². The molecule has 1 unspecified atom stereocenters. The molecule has 4 rings (SSSR count). The normalized spacial score (nSPS) is 19.8. The Balaban J connectivity index is 1.47. The number of hydrogen-bond acceptors (Lipinski definition) is 7. The van der Waals surface area contributed by atoms with Gasteiger partial charge in [-0.3, -0.25) is 0 Å². The third kappa shape index (κ3) is 3.67. The van der Waals surface area contributed by atoms with Gasteiger partial charge in [-0.05, 0) is 24.6 Å². The quantitative estimate of drug-likeness (QED) is 0.821. The highest BCUT2D eigenvalue weighted by Gasteiger charge is 2.28. The zero-order valence-electron chi connectivity index (χ0n) is 15.6. The van der Waals surface area contributed by atoms with Crippen LogP contribution in [0.15, 0.2) is 36.5 Å². The van der Waals surface area contributed by atoms with Gasteiger partial charge in [0.25, 0.3) is 0 Å². The van der Waals surface area contributed by atoms with E-state index in [9.17, 15) is 5.26 Å². The Kier molecular flexibility index (Phi) is 5.07. The van der Waals surface area contributed by atoms with Crippen molar-refractivity contribution in [2.75, 3.05) is 61.1 Å². The summed E-state index contributed by atoms with van der Waals surface area (Å²) in [5.74, 6) is 1.71. The summed E-state index contributed by atoms with van der Waals surface area (Å²) in [5.41, 5.74) is 1.75. The molecule has 27 heavy (non-hydrogen) atoms. The fourth-order valence-electron chi connectivity index (χ4n) is 3.76. The zero-order valence-corrected chi connectivity index (χ0v) is 15.6. The molecule has 0 saturated carbocycles. The molecule has 1 aromatic carbocycles. The summed E-state index contributed by atoms with van der Waals surface area (Å²) in [7, 11) is 2.09. The number of para-hydroxylation sites is 1. The lowest BCUT2D eigenvalue weighted by Crippen LogP contribution is -2.38.